The first-order valence-electron chi connectivity index (χ1n) is 17.1. The van der Waals surface area contributed by atoms with E-state index in [-0.39, 0.29) is 53.6 Å². The number of carbonyl (C=O) groups excluding carboxylic acids is 1. The minimum Gasteiger partial charge on any atom is -0.462 e. The maximum atomic E-state index is 14.1. The molecule has 3 fully saturated rings. The summed E-state index contributed by atoms with van der Waals surface area (Å²) in [6.07, 6.45) is -1.99. The third kappa shape index (κ3) is 8.01. The van der Waals surface area contributed by atoms with Crippen molar-refractivity contribution >= 4 is 29.0 Å². The molecule has 11 nitrogen and oxygen atoms in total. The summed E-state index contributed by atoms with van der Waals surface area (Å²) >= 11 is 6.08. The number of fused-ring (bicyclic) bond motifs is 1. The van der Waals surface area contributed by atoms with E-state index < -0.39 is 11.7 Å². The second-order valence-corrected chi connectivity index (χ2v) is 13.9. The number of carbonyl (C=O) groups is 1. The van der Waals surface area contributed by atoms with Crippen LogP contribution in [0.4, 0.5) is 24.7 Å². The van der Waals surface area contributed by atoms with Crippen molar-refractivity contribution in [2.45, 2.75) is 57.4 Å². The normalized spacial score (nSPS) is 22.9. The van der Waals surface area contributed by atoms with Crippen molar-refractivity contribution < 1.29 is 27.4 Å². The Hall–Kier alpha value is -3.38. The van der Waals surface area contributed by atoms with E-state index in [0.717, 1.165) is 38.0 Å². The summed E-state index contributed by atoms with van der Waals surface area (Å²) in [5.41, 5.74) is 0.577. The number of nitriles is 1. The van der Waals surface area contributed by atoms with E-state index in [4.69, 9.17) is 31.0 Å². The average molecular weight is 705 g/mol. The Kier molecular flexibility index (Phi) is 11.0. The molecule has 1 unspecified atom stereocenters. The van der Waals surface area contributed by atoms with Gasteiger partial charge in [-0.25, -0.2) is 0 Å². The topological polar surface area (TPSA) is 101 Å². The molecule has 3 atom stereocenters. The molecule has 4 aliphatic rings. The van der Waals surface area contributed by atoms with Gasteiger partial charge in [-0.15, -0.1) is 0 Å². The van der Waals surface area contributed by atoms with Gasteiger partial charge in [0.2, 0.25) is 5.91 Å². The molecular formula is C34H44ClF3N8O3. The fraction of sp³-hybridized carbons (Fsp3) is 0.647. The van der Waals surface area contributed by atoms with Gasteiger partial charge in [-0.05, 0) is 45.0 Å². The third-order valence-electron chi connectivity index (χ3n) is 10.2. The number of rotatable bonds is 9. The third-order valence-corrected chi connectivity index (χ3v) is 10.5. The number of likely N-dealkylation sites (N-methyl/N-ethyl adjacent to an activating group) is 1. The molecule has 6 rings (SSSR count). The summed E-state index contributed by atoms with van der Waals surface area (Å²) in [6.45, 7) is 8.57. The Morgan fingerprint density at radius 3 is 2.63 bits per heavy atom. The first-order chi connectivity index (χ1) is 23.5. The minimum absolute atomic E-state index is 0.00766. The number of alkyl halides is 3. The van der Waals surface area contributed by atoms with E-state index in [0.29, 0.717) is 70.5 Å². The minimum atomic E-state index is -4.63. The van der Waals surface area contributed by atoms with Crippen LogP contribution in [-0.4, -0.2) is 122 Å². The van der Waals surface area contributed by atoms with Crippen molar-refractivity contribution in [1.82, 2.24) is 24.7 Å². The Bertz CT molecular complexity index is 1540. The fourth-order valence-electron chi connectivity index (χ4n) is 7.49. The van der Waals surface area contributed by atoms with Crippen molar-refractivity contribution in [3.05, 3.63) is 40.0 Å². The molecule has 266 valence electrons. The highest BCUT2D eigenvalue weighted by molar-refractivity contribution is 6.31. The summed E-state index contributed by atoms with van der Waals surface area (Å²) in [4.78, 5) is 33.4. The Morgan fingerprint density at radius 2 is 1.92 bits per heavy atom. The van der Waals surface area contributed by atoms with Crippen LogP contribution in [0.25, 0.3) is 0 Å². The van der Waals surface area contributed by atoms with Gasteiger partial charge >= 0.3 is 12.2 Å². The summed E-state index contributed by atoms with van der Waals surface area (Å²) in [5.74, 6) is 0.446. The molecule has 0 spiro atoms. The number of aromatic nitrogens is 2. The lowest BCUT2D eigenvalue weighted by atomic mass is 10.0. The SMILES string of the molecule is CC(CN1CCOCC1)C(=O)N1CCN(c2nc(OC[C@@H]3CCCN3C)nc3c2CCN(c2cccc(Cl)c2C(F)(F)F)C3)C[C@@H]1CC#N. The largest absolute Gasteiger partial charge is 0.462 e. The molecule has 0 radical (unpaired) electrons. The zero-order valence-electron chi connectivity index (χ0n) is 28.1. The highest BCUT2D eigenvalue weighted by atomic mass is 35.5. The number of halogens is 4. The second-order valence-electron chi connectivity index (χ2n) is 13.5. The number of anilines is 2. The molecule has 0 saturated carbocycles. The second kappa shape index (κ2) is 15.2. The van der Waals surface area contributed by atoms with Gasteiger partial charge in [-0.2, -0.15) is 28.4 Å². The van der Waals surface area contributed by atoms with Crippen LogP contribution in [0.3, 0.4) is 0 Å². The number of nitrogens with zero attached hydrogens (tertiary/aromatic N) is 8. The van der Waals surface area contributed by atoms with Gasteiger partial charge in [0.1, 0.15) is 12.4 Å². The molecular weight excluding hydrogens is 661 g/mol. The zero-order chi connectivity index (χ0) is 34.7. The summed E-state index contributed by atoms with van der Waals surface area (Å²) in [7, 11) is 2.05. The van der Waals surface area contributed by atoms with E-state index in [1.165, 1.54) is 18.2 Å². The maximum Gasteiger partial charge on any atom is 0.419 e. The lowest BCUT2D eigenvalue weighted by molar-refractivity contribution is -0.139. The quantitative estimate of drug-likeness (QED) is 0.380. The van der Waals surface area contributed by atoms with Crippen LogP contribution in [-0.2, 0) is 28.7 Å². The van der Waals surface area contributed by atoms with E-state index in [9.17, 15) is 23.2 Å². The smallest absolute Gasteiger partial charge is 0.419 e. The Morgan fingerprint density at radius 1 is 1.12 bits per heavy atom. The molecule has 1 aromatic heterocycles. The molecule has 0 aliphatic carbocycles. The van der Waals surface area contributed by atoms with Crippen molar-refractivity contribution in [2.24, 2.45) is 5.92 Å². The highest BCUT2D eigenvalue weighted by Crippen LogP contribution is 2.43. The van der Waals surface area contributed by atoms with Gasteiger partial charge in [-0.1, -0.05) is 24.6 Å². The van der Waals surface area contributed by atoms with Gasteiger partial charge < -0.3 is 29.1 Å². The molecule has 0 N–H and O–H groups in total. The lowest BCUT2D eigenvalue weighted by Gasteiger charge is -2.43. The predicted octanol–water partition coefficient (Wildman–Crippen LogP) is 4.08. The molecule has 49 heavy (non-hydrogen) atoms. The van der Waals surface area contributed by atoms with Crippen LogP contribution in [0.5, 0.6) is 6.01 Å². The van der Waals surface area contributed by atoms with Gasteiger partial charge in [0, 0.05) is 63.3 Å². The molecule has 1 amide bonds. The number of benzene rings is 1. The standard InChI is InChI=1S/C34H44ClF3N8O3/c1-23(19-43-15-17-48-18-16-43)32(47)46-14-13-45(20-24(46)8-10-39)31-26-9-12-44(29-7-3-6-27(35)30(29)34(36,37)38)21-28(26)40-33(41-31)49-22-25-5-4-11-42(25)2/h3,6-7,23-25H,4-5,8-9,11-22H2,1-2H3/t23?,24-,25-/m0/s1. The number of ether oxygens (including phenoxy) is 2. The van der Waals surface area contributed by atoms with Crippen LogP contribution in [0.15, 0.2) is 18.2 Å². The molecule has 4 aliphatic heterocycles. The maximum absolute atomic E-state index is 14.1. The van der Waals surface area contributed by atoms with Crippen LogP contribution in [0, 0.1) is 17.2 Å². The van der Waals surface area contributed by atoms with Crippen molar-refractivity contribution in [3.63, 3.8) is 0 Å². The number of piperazine rings is 1. The number of likely N-dealkylation sites (tertiary alicyclic amines) is 1. The Labute approximate surface area is 290 Å². The first-order valence-corrected chi connectivity index (χ1v) is 17.5. The molecule has 1 aromatic carbocycles. The lowest BCUT2D eigenvalue weighted by Crippen LogP contribution is -2.57. The average Bonchev–Trinajstić information content (AvgIpc) is 3.50. The first kappa shape index (κ1) is 35.4. The highest BCUT2D eigenvalue weighted by Gasteiger charge is 2.40. The van der Waals surface area contributed by atoms with Gasteiger partial charge in [0.25, 0.3) is 0 Å². The van der Waals surface area contributed by atoms with E-state index in [1.807, 2.05) is 11.8 Å². The molecule has 5 heterocycles. The van der Waals surface area contributed by atoms with Crippen LogP contribution < -0.4 is 14.5 Å². The van der Waals surface area contributed by atoms with E-state index in [1.54, 1.807) is 4.90 Å². The van der Waals surface area contributed by atoms with Crippen molar-refractivity contribution in [2.75, 3.05) is 89.0 Å². The van der Waals surface area contributed by atoms with Gasteiger partial charge in [0.15, 0.2) is 0 Å². The monoisotopic (exact) mass is 704 g/mol. The molecule has 0 bridgehead atoms. The molecule has 2 aromatic rings. The van der Waals surface area contributed by atoms with Crippen molar-refractivity contribution in [3.8, 4) is 12.1 Å². The summed E-state index contributed by atoms with van der Waals surface area (Å²) < 4.78 is 54.1. The zero-order valence-corrected chi connectivity index (χ0v) is 28.8. The number of morpholine rings is 1. The van der Waals surface area contributed by atoms with Gasteiger partial charge in [0.05, 0.1) is 60.3 Å². The van der Waals surface area contributed by atoms with Crippen LogP contribution in [0.1, 0.15) is 43.0 Å². The molecule has 15 heteroatoms. The summed E-state index contributed by atoms with van der Waals surface area (Å²) in [6, 6.07) is 6.54. The molecule has 3 saturated heterocycles. The van der Waals surface area contributed by atoms with Crippen LogP contribution in [0.2, 0.25) is 5.02 Å². The summed E-state index contributed by atoms with van der Waals surface area (Å²) in [5, 5.41) is 9.42. The number of amides is 1. The fourth-order valence-corrected chi connectivity index (χ4v) is 7.76. The van der Waals surface area contributed by atoms with E-state index in [2.05, 4.69) is 27.8 Å². The van der Waals surface area contributed by atoms with Crippen molar-refractivity contribution in [1.29, 1.82) is 5.26 Å². The number of hydrogen-bond donors (Lipinski definition) is 0. The Balaban J connectivity index is 1.26. The van der Waals surface area contributed by atoms with E-state index >= 15 is 0 Å². The van der Waals surface area contributed by atoms with Crippen LogP contribution >= 0.6 is 11.6 Å². The van der Waals surface area contributed by atoms with Gasteiger partial charge in [-0.3, -0.25) is 9.69 Å². The predicted molar refractivity (Wildman–Crippen MR) is 179 cm³/mol. The number of hydrogen-bond acceptors (Lipinski definition) is 10.